The number of likely N-dealkylation sites (tertiary alicyclic amines) is 1. The molecule has 19 heavy (non-hydrogen) atoms. The monoisotopic (exact) mass is 264 g/mol. The van der Waals surface area contributed by atoms with Crippen molar-refractivity contribution >= 4 is 0 Å². The molecule has 1 saturated heterocycles. The van der Waals surface area contributed by atoms with Gasteiger partial charge in [-0.1, -0.05) is 31.4 Å². The summed E-state index contributed by atoms with van der Waals surface area (Å²) in [6, 6.07) is 7.09. The third kappa shape index (κ3) is 4.02. The van der Waals surface area contributed by atoms with E-state index in [-0.39, 0.29) is 17.9 Å². The second-order valence-electron chi connectivity index (χ2n) is 5.66. The average Bonchev–Trinajstić information content (AvgIpc) is 2.34. The van der Waals surface area contributed by atoms with Gasteiger partial charge in [0.05, 0.1) is 0 Å². The second kappa shape index (κ2) is 7.01. The number of rotatable bonds is 3. The first kappa shape index (κ1) is 14.5. The van der Waals surface area contributed by atoms with Gasteiger partial charge >= 0.3 is 0 Å². The van der Waals surface area contributed by atoms with E-state index in [1.165, 1.54) is 44.2 Å². The van der Waals surface area contributed by atoms with E-state index in [9.17, 15) is 4.39 Å². The zero-order valence-corrected chi connectivity index (χ0v) is 11.8. The highest BCUT2D eigenvalue weighted by atomic mass is 19.1. The van der Waals surface area contributed by atoms with E-state index in [4.69, 9.17) is 5.73 Å². The standard InChI is InChI=1S/C16H25FN2/c1-13(18)16(14-7-9-15(17)10-8-14)19-11-5-3-2-4-6-12-19/h7-10,13,16H,2-6,11-12,18H2,1H3. The van der Waals surface area contributed by atoms with E-state index < -0.39 is 0 Å². The Bertz CT molecular complexity index is 367. The van der Waals surface area contributed by atoms with Gasteiger partial charge in [0.1, 0.15) is 5.82 Å². The van der Waals surface area contributed by atoms with Crippen LogP contribution in [0, 0.1) is 5.82 Å². The van der Waals surface area contributed by atoms with Crippen LogP contribution in [0.4, 0.5) is 4.39 Å². The quantitative estimate of drug-likeness (QED) is 0.905. The first-order valence-corrected chi connectivity index (χ1v) is 7.43. The Morgan fingerprint density at radius 1 is 1.00 bits per heavy atom. The van der Waals surface area contributed by atoms with Crippen LogP contribution in [0.15, 0.2) is 24.3 Å². The van der Waals surface area contributed by atoms with Gasteiger partial charge in [-0.25, -0.2) is 4.39 Å². The second-order valence-corrected chi connectivity index (χ2v) is 5.66. The lowest BCUT2D eigenvalue weighted by Crippen LogP contribution is -2.41. The van der Waals surface area contributed by atoms with Gasteiger partial charge in [0.25, 0.3) is 0 Å². The third-order valence-electron chi connectivity index (χ3n) is 3.99. The highest BCUT2D eigenvalue weighted by molar-refractivity contribution is 5.21. The van der Waals surface area contributed by atoms with Crippen molar-refractivity contribution in [3.05, 3.63) is 35.6 Å². The summed E-state index contributed by atoms with van der Waals surface area (Å²) in [6.07, 6.45) is 6.46. The summed E-state index contributed by atoms with van der Waals surface area (Å²) in [5.74, 6) is -0.181. The van der Waals surface area contributed by atoms with Crippen molar-refractivity contribution in [3.63, 3.8) is 0 Å². The van der Waals surface area contributed by atoms with Gasteiger partial charge in [-0.3, -0.25) is 4.90 Å². The van der Waals surface area contributed by atoms with E-state index in [1.807, 2.05) is 19.1 Å². The molecule has 1 heterocycles. The van der Waals surface area contributed by atoms with Gasteiger partial charge < -0.3 is 5.73 Å². The number of nitrogens with zero attached hydrogens (tertiary/aromatic N) is 1. The largest absolute Gasteiger partial charge is 0.326 e. The molecule has 2 atom stereocenters. The Balaban J connectivity index is 2.15. The number of benzene rings is 1. The Morgan fingerprint density at radius 2 is 1.53 bits per heavy atom. The first-order chi connectivity index (χ1) is 9.18. The molecule has 0 radical (unpaired) electrons. The molecule has 1 aliphatic heterocycles. The van der Waals surface area contributed by atoms with Crippen LogP contribution >= 0.6 is 0 Å². The van der Waals surface area contributed by atoms with Gasteiger partial charge in [-0.15, -0.1) is 0 Å². The number of hydrogen-bond acceptors (Lipinski definition) is 2. The van der Waals surface area contributed by atoms with Crippen LogP contribution < -0.4 is 5.73 Å². The fourth-order valence-electron chi connectivity index (χ4n) is 3.06. The van der Waals surface area contributed by atoms with E-state index in [0.29, 0.717) is 0 Å². The predicted octanol–water partition coefficient (Wildman–Crippen LogP) is 3.48. The minimum absolute atomic E-state index is 0.0601. The maximum absolute atomic E-state index is 13.1. The lowest BCUT2D eigenvalue weighted by Gasteiger charge is -2.35. The Hall–Kier alpha value is -0.930. The molecule has 0 amide bonds. The molecule has 1 aromatic rings. The first-order valence-electron chi connectivity index (χ1n) is 7.43. The van der Waals surface area contributed by atoms with Gasteiger partial charge in [0.15, 0.2) is 0 Å². The highest BCUT2D eigenvalue weighted by Crippen LogP contribution is 2.26. The number of halogens is 1. The summed E-state index contributed by atoms with van der Waals surface area (Å²) < 4.78 is 13.1. The van der Waals surface area contributed by atoms with Gasteiger partial charge in [0.2, 0.25) is 0 Å². The van der Waals surface area contributed by atoms with Crippen molar-refractivity contribution in [2.24, 2.45) is 5.73 Å². The van der Waals surface area contributed by atoms with Crippen LogP contribution in [-0.4, -0.2) is 24.0 Å². The normalized spacial score (nSPS) is 21.4. The number of nitrogens with two attached hydrogens (primary N) is 1. The lowest BCUT2D eigenvalue weighted by atomic mass is 9.97. The molecule has 1 aliphatic rings. The zero-order valence-electron chi connectivity index (χ0n) is 11.8. The molecule has 0 aromatic heterocycles. The smallest absolute Gasteiger partial charge is 0.123 e. The van der Waals surface area contributed by atoms with Crippen LogP contribution in [0.25, 0.3) is 0 Å². The maximum Gasteiger partial charge on any atom is 0.123 e. The fourth-order valence-corrected chi connectivity index (χ4v) is 3.06. The summed E-state index contributed by atoms with van der Waals surface area (Å²) in [7, 11) is 0. The molecule has 2 N–H and O–H groups in total. The molecule has 1 aromatic carbocycles. The summed E-state index contributed by atoms with van der Waals surface area (Å²) in [6.45, 7) is 4.25. The summed E-state index contributed by atoms with van der Waals surface area (Å²) >= 11 is 0. The predicted molar refractivity (Wildman–Crippen MR) is 77.4 cm³/mol. The minimum atomic E-state index is -0.181. The molecule has 2 nitrogen and oxygen atoms in total. The Labute approximate surface area is 115 Å². The molecule has 0 aliphatic carbocycles. The van der Waals surface area contributed by atoms with Crippen LogP contribution in [-0.2, 0) is 0 Å². The van der Waals surface area contributed by atoms with E-state index in [1.54, 1.807) is 0 Å². The van der Waals surface area contributed by atoms with E-state index in [2.05, 4.69) is 4.90 Å². The number of hydrogen-bond donors (Lipinski definition) is 1. The van der Waals surface area contributed by atoms with Gasteiger partial charge in [-0.2, -0.15) is 0 Å². The molecule has 3 heteroatoms. The van der Waals surface area contributed by atoms with Crippen molar-refractivity contribution in [3.8, 4) is 0 Å². The summed E-state index contributed by atoms with van der Waals surface area (Å²) in [5, 5.41) is 0. The van der Waals surface area contributed by atoms with Crippen LogP contribution in [0.1, 0.15) is 50.6 Å². The van der Waals surface area contributed by atoms with Crippen molar-refractivity contribution in [2.45, 2.75) is 51.1 Å². The minimum Gasteiger partial charge on any atom is -0.326 e. The molecular formula is C16H25FN2. The molecule has 0 saturated carbocycles. The molecular weight excluding hydrogens is 239 g/mol. The van der Waals surface area contributed by atoms with Crippen molar-refractivity contribution in [2.75, 3.05) is 13.1 Å². The molecule has 0 spiro atoms. The fraction of sp³-hybridized carbons (Fsp3) is 0.625. The van der Waals surface area contributed by atoms with E-state index >= 15 is 0 Å². The zero-order chi connectivity index (χ0) is 13.7. The van der Waals surface area contributed by atoms with E-state index in [0.717, 1.165) is 18.7 Å². The summed E-state index contributed by atoms with van der Waals surface area (Å²) in [4.78, 5) is 2.48. The lowest BCUT2D eigenvalue weighted by molar-refractivity contribution is 0.161. The molecule has 106 valence electrons. The molecule has 2 unspecified atom stereocenters. The van der Waals surface area contributed by atoms with Crippen LogP contribution in [0.2, 0.25) is 0 Å². The highest BCUT2D eigenvalue weighted by Gasteiger charge is 2.24. The summed E-state index contributed by atoms with van der Waals surface area (Å²) in [5.41, 5.74) is 7.33. The van der Waals surface area contributed by atoms with Gasteiger partial charge in [0, 0.05) is 12.1 Å². The average molecular weight is 264 g/mol. The van der Waals surface area contributed by atoms with Crippen molar-refractivity contribution in [1.29, 1.82) is 0 Å². The molecule has 2 rings (SSSR count). The molecule has 1 fully saturated rings. The van der Waals surface area contributed by atoms with Crippen molar-refractivity contribution in [1.82, 2.24) is 4.90 Å². The topological polar surface area (TPSA) is 29.3 Å². The van der Waals surface area contributed by atoms with Crippen molar-refractivity contribution < 1.29 is 4.39 Å². The third-order valence-corrected chi connectivity index (χ3v) is 3.99. The Morgan fingerprint density at radius 3 is 2.05 bits per heavy atom. The van der Waals surface area contributed by atoms with Crippen LogP contribution in [0.5, 0.6) is 0 Å². The SMILES string of the molecule is CC(N)C(c1ccc(F)cc1)N1CCCCCCC1. The maximum atomic E-state index is 13.1. The van der Waals surface area contributed by atoms with Gasteiger partial charge in [-0.05, 0) is 50.6 Å². The Kier molecular flexibility index (Phi) is 5.34. The molecule has 0 bridgehead atoms. The van der Waals surface area contributed by atoms with Crippen LogP contribution in [0.3, 0.4) is 0 Å².